The Morgan fingerprint density at radius 2 is 0.652 bits per heavy atom. The second-order valence-corrected chi connectivity index (χ2v) is 44.1. The van der Waals surface area contributed by atoms with Crippen molar-refractivity contribution >= 4 is 87.7 Å². The molecule has 0 N–H and O–H groups in total. The van der Waals surface area contributed by atoms with Gasteiger partial charge in [-0.3, -0.25) is 9.97 Å². The number of nitrogens with zero attached hydrogens (tertiary/aromatic N) is 3. The normalized spacial score (nSPS) is 14.2. The number of ether oxygens (including phenoxy) is 2. The largest absolute Gasteiger partial charge is 0.478 e. The van der Waals surface area contributed by atoms with Crippen LogP contribution in [0.15, 0.2) is 436 Å². The van der Waals surface area contributed by atoms with Gasteiger partial charge in [0.05, 0.1) is 19.3 Å². The van der Waals surface area contributed by atoms with Gasteiger partial charge in [0, 0.05) is 113 Å². The van der Waals surface area contributed by atoms with Crippen LogP contribution < -0.4 is 4.74 Å². The van der Waals surface area contributed by atoms with Crippen molar-refractivity contribution in [1.29, 1.82) is 0 Å². The fourth-order valence-corrected chi connectivity index (χ4v) is 26.1. The van der Waals surface area contributed by atoms with E-state index in [9.17, 15) is 4.79 Å². The molecule has 702 valence electrons. The van der Waals surface area contributed by atoms with Gasteiger partial charge in [0.1, 0.15) is 0 Å². The van der Waals surface area contributed by atoms with Crippen molar-refractivity contribution in [2.24, 2.45) is 5.92 Å². The van der Waals surface area contributed by atoms with E-state index in [1.807, 2.05) is 127 Å². The summed E-state index contributed by atoms with van der Waals surface area (Å²) in [7, 11) is 1.39. The van der Waals surface area contributed by atoms with Crippen LogP contribution >= 0.6 is 70.6 Å². The molecule has 1 saturated carbocycles. The number of hydrogen-bond acceptors (Lipinski definition) is 12. The smallest absolute Gasteiger partial charge is 0.337 e. The molecule has 141 heavy (non-hydrogen) atoms. The topological polar surface area (TPSA) is 74.2 Å². The van der Waals surface area contributed by atoms with Gasteiger partial charge in [-0.05, 0) is 338 Å². The zero-order chi connectivity index (χ0) is 96.8. The molecule has 7 aliphatic rings. The van der Waals surface area contributed by atoms with E-state index in [1.165, 1.54) is 215 Å². The molecule has 0 radical (unpaired) electrons. The summed E-state index contributed by atoms with van der Waals surface area (Å²) in [5, 5.41) is 0. The molecule has 0 spiro atoms. The van der Waals surface area contributed by atoms with Crippen LogP contribution in [0.3, 0.4) is 0 Å². The van der Waals surface area contributed by atoms with Crippen LogP contribution in [0.1, 0.15) is 240 Å². The highest BCUT2D eigenvalue weighted by Crippen LogP contribution is 2.49. The van der Waals surface area contributed by atoms with Crippen LogP contribution in [0, 0.1) is 19.8 Å². The van der Waals surface area contributed by atoms with Gasteiger partial charge in [-0.2, -0.15) is 0 Å². The number of carbonyl (C=O) groups excluding carboxylic acids is 1. The van der Waals surface area contributed by atoms with Gasteiger partial charge in [-0.15, -0.1) is 0 Å². The Kier molecular flexibility index (Phi) is 31.4. The Morgan fingerprint density at radius 3 is 1.04 bits per heavy atom. The zero-order valence-corrected chi connectivity index (χ0v) is 86.3. The van der Waals surface area contributed by atoms with Gasteiger partial charge in [0.2, 0.25) is 5.88 Å². The Morgan fingerprint density at radius 1 is 0.319 bits per heavy atom. The fraction of sp³-hybridized carbons (Fsp3) is 0.194. The molecule has 0 bridgehead atoms. The molecule has 9 heterocycles. The predicted octanol–water partition coefficient (Wildman–Crippen LogP) is 34.7. The minimum atomic E-state index is -0.327. The lowest BCUT2D eigenvalue weighted by Crippen LogP contribution is -2.14. The number of esters is 1. The first-order valence-corrected chi connectivity index (χ1v) is 54.2. The number of methoxy groups -OCH3 is 1. The second kappa shape index (κ2) is 45.5. The van der Waals surface area contributed by atoms with E-state index >= 15 is 0 Å². The minimum absolute atomic E-state index is 0.315. The Balaban J connectivity index is 0.000000108. The molecule has 4 atom stereocenters. The first-order chi connectivity index (χ1) is 68.9. The molecule has 0 amide bonds. The minimum Gasteiger partial charge on any atom is -0.478 e. The number of carbonyl (C=O) groups is 1. The van der Waals surface area contributed by atoms with Gasteiger partial charge in [-0.1, -0.05) is 355 Å². The van der Waals surface area contributed by atoms with Gasteiger partial charge in [0.25, 0.3) is 0 Å². The summed E-state index contributed by atoms with van der Waals surface area (Å²) < 4.78 is 10.2. The highest BCUT2D eigenvalue weighted by atomic mass is 32.2. The lowest BCUT2D eigenvalue weighted by molar-refractivity contribution is 0.0600. The van der Waals surface area contributed by atoms with Crippen LogP contribution in [0.2, 0.25) is 0 Å². The molecule has 6 aliphatic heterocycles. The summed E-state index contributed by atoms with van der Waals surface area (Å²) in [6.07, 6.45) is 21.0. The molecule has 12 heteroatoms. The monoisotopic (exact) mass is 1950 g/mol. The number of fused-ring (bicyclic) bond motifs is 12. The summed E-state index contributed by atoms with van der Waals surface area (Å²) in [6, 6.07) is 122. The van der Waals surface area contributed by atoms with Gasteiger partial charge >= 0.3 is 5.97 Å². The van der Waals surface area contributed by atoms with Crippen molar-refractivity contribution in [3.63, 3.8) is 0 Å². The van der Waals surface area contributed by atoms with Crippen molar-refractivity contribution in [2.75, 3.05) is 13.7 Å². The third-order valence-electron chi connectivity index (χ3n) is 28.1. The lowest BCUT2D eigenvalue weighted by atomic mass is 9.77. The van der Waals surface area contributed by atoms with Gasteiger partial charge in [0.15, 0.2) is 0 Å². The van der Waals surface area contributed by atoms with E-state index in [4.69, 9.17) is 9.47 Å². The van der Waals surface area contributed by atoms with Crippen LogP contribution in [0.4, 0.5) is 0 Å². The lowest BCUT2D eigenvalue weighted by Gasteiger charge is -2.29. The molecule has 6 nitrogen and oxygen atoms in total. The number of aryl methyl sites for hydroxylation is 2. The highest BCUT2D eigenvalue weighted by Gasteiger charge is 2.28. The summed E-state index contributed by atoms with van der Waals surface area (Å²) in [4.78, 5) is 41.2. The molecule has 14 aromatic carbocycles. The Labute approximate surface area is 859 Å². The summed E-state index contributed by atoms with van der Waals surface area (Å²) in [5.74, 6) is 3.06. The van der Waals surface area contributed by atoms with Gasteiger partial charge in [-0.25, -0.2) is 9.78 Å². The first-order valence-electron chi connectivity index (χ1n) is 49.3. The standard InChI is InChI=1S/C23H18O2S.C22H21NOS.2C21H19NS.C21H24S.C21H16S/c1-15(16-7-9-17(10-8-16)23(24)25-2)18-11-12-22-20(13-18)14-19-5-3-4-6-21(19)26-22;1-3-24-22-11-9-18(14-23-22)15(2)16-8-10-21-19(12-16)13-17-6-4-5-7-20(17)25-21;1-14-9-19(13-22-12-14)15(2)16-7-8-21-18(10-16)11-17-5-3-4-6-20(17)23-21;1-14-11-17(9-10-22-14)15(2)16-7-8-21-19(12-16)13-18-5-3-4-6-20(18)23-21;2*1-15(16-7-3-2-4-8-16)17-11-12-21-19(13-17)14-18-9-5-6-10-20(18)22-21/h3-13H,1,14H2,2H3;4-12,14-15H,3,13H2,1-2H3;3-10,12-13,15H,11H2,1-2H3;3-12,15H,13H2,1-2H3;5-6,9-13,15-16H,2-4,7-8,14H2,1H3;2-13H,1,14H2. The van der Waals surface area contributed by atoms with E-state index in [-0.39, 0.29) is 5.97 Å². The summed E-state index contributed by atoms with van der Waals surface area (Å²) in [5.41, 5.74) is 36.0. The van der Waals surface area contributed by atoms with Crippen LogP contribution in [-0.4, -0.2) is 34.6 Å². The molecule has 17 aromatic rings. The molecule has 3 aromatic heterocycles. The Hall–Kier alpha value is -12.6. The number of aromatic nitrogens is 3. The molecular formula is C129H117N3O3S6. The fourth-order valence-electron chi connectivity index (χ4n) is 19.8. The first kappa shape index (κ1) is 97.2. The Bertz CT molecular complexity index is 7260. The molecule has 1 aliphatic carbocycles. The maximum absolute atomic E-state index is 11.6. The number of benzene rings is 14. The van der Waals surface area contributed by atoms with Crippen LogP contribution in [0.25, 0.3) is 11.1 Å². The molecular weight excluding hydrogens is 1830 g/mol. The summed E-state index contributed by atoms with van der Waals surface area (Å²) >= 11 is 11.3. The number of hydrogen-bond donors (Lipinski definition) is 0. The van der Waals surface area contributed by atoms with Crippen molar-refractivity contribution in [3.05, 3.63) is 522 Å². The zero-order valence-electron chi connectivity index (χ0n) is 81.4. The second-order valence-electron chi connectivity index (χ2n) is 37.6. The molecule has 1 fully saturated rings. The van der Waals surface area contributed by atoms with Crippen molar-refractivity contribution in [2.45, 2.75) is 202 Å². The van der Waals surface area contributed by atoms with E-state index in [0.29, 0.717) is 41.7 Å². The summed E-state index contributed by atoms with van der Waals surface area (Å²) in [6.45, 7) is 24.5. The van der Waals surface area contributed by atoms with Crippen molar-refractivity contribution in [1.82, 2.24) is 15.0 Å². The average molecular weight is 1950 g/mol. The van der Waals surface area contributed by atoms with Crippen LogP contribution in [0.5, 0.6) is 5.88 Å². The number of rotatable bonds is 15. The maximum Gasteiger partial charge on any atom is 0.337 e. The van der Waals surface area contributed by atoms with E-state index in [2.05, 4.69) is 373 Å². The molecule has 4 unspecified atom stereocenters. The van der Waals surface area contributed by atoms with Crippen molar-refractivity contribution in [3.8, 4) is 5.88 Å². The van der Waals surface area contributed by atoms with Gasteiger partial charge < -0.3 is 9.47 Å². The van der Waals surface area contributed by atoms with Crippen LogP contribution in [-0.2, 0) is 43.3 Å². The third kappa shape index (κ3) is 23.4. The quantitative estimate of drug-likeness (QED) is 0.0918. The molecule has 0 saturated heterocycles. The van der Waals surface area contributed by atoms with E-state index < -0.39 is 0 Å². The van der Waals surface area contributed by atoms with E-state index in [1.54, 1.807) is 17.7 Å². The third-order valence-corrected chi connectivity index (χ3v) is 35.5. The maximum atomic E-state index is 11.6. The predicted molar refractivity (Wildman–Crippen MR) is 590 cm³/mol. The SMILES string of the molecule is C=C(c1ccc(C(=O)OC)cc1)c1ccc2c(c1)Cc1ccccc1S2.C=C(c1ccccc1)c1ccc2c(c1)Cc1ccccc1S2.CC(c1ccc2c(c1)Cc1ccccc1S2)C1CCCCC1.CCOc1ccc(C(C)c2ccc3c(c2)Cc2ccccc2S3)cn1.Cc1cc(C(C)c2ccc3c(c2)Cc2ccccc2S3)ccn1.Cc1cncc(C(C)c2ccc3c(c2)Cc2ccccc2S3)c1. The number of pyridine rings is 3. The van der Waals surface area contributed by atoms with Crippen molar-refractivity contribution < 1.29 is 14.3 Å². The van der Waals surface area contributed by atoms with E-state index in [0.717, 1.165) is 72.4 Å². The average Bonchev–Trinajstić information content (AvgIpc) is 0.811. The highest BCUT2D eigenvalue weighted by molar-refractivity contribution is 8.00. The molecule has 24 rings (SSSR count).